The average Bonchev–Trinajstić information content (AvgIpc) is 2.81. The summed E-state index contributed by atoms with van der Waals surface area (Å²) in [6, 6.07) is 7.71. The largest absolute Gasteiger partial charge is 0.321 e. The maximum absolute atomic E-state index is 12.4. The molecule has 3 rings (SSSR count). The van der Waals surface area contributed by atoms with Crippen LogP contribution >= 0.6 is 0 Å². The van der Waals surface area contributed by atoms with E-state index in [0.29, 0.717) is 5.69 Å². The van der Waals surface area contributed by atoms with Crippen LogP contribution in [0.25, 0.3) is 11.0 Å². The molecule has 1 N–H and O–H groups in total. The summed E-state index contributed by atoms with van der Waals surface area (Å²) in [5.41, 5.74) is 2.33. The zero-order valence-corrected chi connectivity index (χ0v) is 14.3. The van der Waals surface area contributed by atoms with E-state index in [-0.39, 0.29) is 10.5 Å². The normalized spacial score (nSPS) is 11.6. The van der Waals surface area contributed by atoms with Crippen LogP contribution in [-0.2, 0) is 16.9 Å². The predicted molar refractivity (Wildman–Crippen MR) is 90.8 cm³/mol. The fraction of sp³-hybridized carbons (Fsp3) is 0.188. The van der Waals surface area contributed by atoms with Gasteiger partial charge in [-0.1, -0.05) is 6.07 Å². The van der Waals surface area contributed by atoms with Crippen LogP contribution in [0.2, 0.25) is 0 Å². The Morgan fingerprint density at radius 1 is 1.25 bits per heavy atom. The molecule has 0 radical (unpaired) electrons. The van der Waals surface area contributed by atoms with Crippen LogP contribution in [0.1, 0.15) is 16.1 Å². The standard InChI is InChI=1S/C16H16N4O3S/c1-10-14-8-12(9-17-15(14)20(2)19-10)18-16(21)11-5-4-6-13(7-11)24(3,22)23/h4-9H,1-3H3,(H,18,21). The number of carbonyl (C=O) groups excluding carboxylic acids is 1. The predicted octanol–water partition coefficient (Wildman–Crippen LogP) is 1.93. The molecular weight excluding hydrogens is 328 g/mol. The molecule has 0 aliphatic carbocycles. The van der Waals surface area contributed by atoms with E-state index in [2.05, 4.69) is 15.4 Å². The van der Waals surface area contributed by atoms with Crippen LogP contribution in [0, 0.1) is 6.92 Å². The van der Waals surface area contributed by atoms with Crippen LogP contribution in [0.5, 0.6) is 0 Å². The second kappa shape index (κ2) is 5.72. The van der Waals surface area contributed by atoms with Gasteiger partial charge in [0.2, 0.25) is 0 Å². The number of fused-ring (bicyclic) bond motifs is 1. The summed E-state index contributed by atoms with van der Waals surface area (Å²) in [5.74, 6) is -0.400. The van der Waals surface area contributed by atoms with Crippen LogP contribution in [-0.4, -0.2) is 35.3 Å². The Kier molecular flexibility index (Phi) is 3.84. The van der Waals surface area contributed by atoms with Gasteiger partial charge in [-0.3, -0.25) is 9.48 Å². The van der Waals surface area contributed by atoms with Crippen LogP contribution in [0.3, 0.4) is 0 Å². The number of anilines is 1. The molecule has 1 amide bonds. The lowest BCUT2D eigenvalue weighted by Crippen LogP contribution is -2.13. The molecule has 0 saturated heterocycles. The molecular formula is C16H16N4O3S. The lowest BCUT2D eigenvalue weighted by molar-refractivity contribution is 0.102. The van der Waals surface area contributed by atoms with Gasteiger partial charge in [0.25, 0.3) is 5.91 Å². The third kappa shape index (κ3) is 3.00. The van der Waals surface area contributed by atoms with Gasteiger partial charge in [0.05, 0.1) is 22.5 Å². The Morgan fingerprint density at radius 2 is 2.00 bits per heavy atom. The molecule has 0 aliphatic heterocycles. The topological polar surface area (TPSA) is 93.9 Å². The maximum Gasteiger partial charge on any atom is 0.255 e. The molecule has 0 atom stereocenters. The van der Waals surface area contributed by atoms with Crippen molar-refractivity contribution in [3.05, 3.63) is 47.8 Å². The third-order valence-electron chi connectivity index (χ3n) is 3.65. The molecule has 0 spiro atoms. The maximum atomic E-state index is 12.4. The number of rotatable bonds is 3. The van der Waals surface area contributed by atoms with Gasteiger partial charge in [0.1, 0.15) is 0 Å². The van der Waals surface area contributed by atoms with Crippen LogP contribution < -0.4 is 5.32 Å². The molecule has 3 aromatic rings. The van der Waals surface area contributed by atoms with Gasteiger partial charge < -0.3 is 5.32 Å². The first-order chi connectivity index (χ1) is 11.3. The minimum atomic E-state index is -3.37. The number of pyridine rings is 1. The first-order valence-electron chi connectivity index (χ1n) is 7.16. The Labute approximate surface area is 139 Å². The SMILES string of the molecule is Cc1nn(C)c2ncc(NC(=O)c3cccc(S(C)(=O)=O)c3)cc12. The number of benzene rings is 1. The van der Waals surface area contributed by atoms with Crippen molar-refractivity contribution in [2.75, 3.05) is 11.6 Å². The number of hydrogen-bond acceptors (Lipinski definition) is 5. The molecule has 24 heavy (non-hydrogen) atoms. The number of sulfone groups is 1. The van der Waals surface area contributed by atoms with Gasteiger partial charge in [0.15, 0.2) is 15.5 Å². The molecule has 0 fully saturated rings. The molecule has 2 heterocycles. The van der Waals surface area contributed by atoms with Gasteiger partial charge in [-0.2, -0.15) is 5.10 Å². The smallest absolute Gasteiger partial charge is 0.255 e. The van der Waals surface area contributed by atoms with Crippen LogP contribution in [0.4, 0.5) is 5.69 Å². The summed E-state index contributed by atoms with van der Waals surface area (Å²) >= 11 is 0. The Bertz CT molecular complexity index is 1050. The highest BCUT2D eigenvalue weighted by molar-refractivity contribution is 7.90. The fourth-order valence-electron chi connectivity index (χ4n) is 2.45. The van der Waals surface area contributed by atoms with E-state index >= 15 is 0 Å². The van der Waals surface area contributed by atoms with Crippen molar-refractivity contribution < 1.29 is 13.2 Å². The number of aromatic nitrogens is 3. The number of aryl methyl sites for hydroxylation is 2. The average molecular weight is 344 g/mol. The molecule has 124 valence electrons. The Morgan fingerprint density at radius 3 is 2.71 bits per heavy atom. The summed E-state index contributed by atoms with van der Waals surface area (Å²) in [6.45, 7) is 1.87. The molecule has 1 aromatic carbocycles. The monoisotopic (exact) mass is 344 g/mol. The first kappa shape index (κ1) is 16.1. The van der Waals surface area contributed by atoms with E-state index in [1.54, 1.807) is 30.1 Å². The summed E-state index contributed by atoms with van der Waals surface area (Å²) in [4.78, 5) is 16.8. The van der Waals surface area contributed by atoms with E-state index < -0.39 is 15.7 Å². The first-order valence-corrected chi connectivity index (χ1v) is 9.05. The fourth-order valence-corrected chi connectivity index (χ4v) is 3.11. The second-order valence-electron chi connectivity index (χ2n) is 5.56. The minimum absolute atomic E-state index is 0.104. The summed E-state index contributed by atoms with van der Waals surface area (Å²) in [7, 11) is -1.56. The highest BCUT2D eigenvalue weighted by atomic mass is 32.2. The van der Waals surface area contributed by atoms with Crippen molar-refractivity contribution in [1.82, 2.24) is 14.8 Å². The highest BCUT2D eigenvalue weighted by Gasteiger charge is 2.13. The van der Waals surface area contributed by atoms with Crippen molar-refractivity contribution in [2.45, 2.75) is 11.8 Å². The van der Waals surface area contributed by atoms with Gasteiger partial charge in [-0.15, -0.1) is 0 Å². The highest BCUT2D eigenvalue weighted by Crippen LogP contribution is 2.20. The van der Waals surface area contributed by atoms with Gasteiger partial charge in [0, 0.05) is 24.3 Å². The number of nitrogens with one attached hydrogen (secondary N) is 1. The summed E-state index contributed by atoms with van der Waals surface area (Å²) in [6.07, 6.45) is 2.65. The molecule has 0 aliphatic rings. The lowest BCUT2D eigenvalue weighted by Gasteiger charge is -2.06. The number of amides is 1. The van der Waals surface area contributed by atoms with E-state index in [4.69, 9.17) is 0 Å². The van der Waals surface area contributed by atoms with E-state index in [9.17, 15) is 13.2 Å². The number of hydrogen-bond donors (Lipinski definition) is 1. The third-order valence-corrected chi connectivity index (χ3v) is 4.76. The lowest BCUT2D eigenvalue weighted by atomic mass is 10.2. The summed E-state index contributed by atoms with van der Waals surface area (Å²) in [5, 5.41) is 7.86. The minimum Gasteiger partial charge on any atom is -0.321 e. The second-order valence-corrected chi connectivity index (χ2v) is 7.57. The van der Waals surface area contributed by atoms with Crippen molar-refractivity contribution >= 4 is 32.5 Å². The van der Waals surface area contributed by atoms with Crippen molar-refractivity contribution in [1.29, 1.82) is 0 Å². The zero-order chi connectivity index (χ0) is 17.5. The zero-order valence-electron chi connectivity index (χ0n) is 13.4. The molecule has 0 unspecified atom stereocenters. The van der Waals surface area contributed by atoms with Crippen molar-refractivity contribution in [2.24, 2.45) is 7.05 Å². The van der Waals surface area contributed by atoms with Gasteiger partial charge >= 0.3 is 0 Å². The quantitative estimate of drug-likeness (QED) is 0.783. The number of nitrogens with zero attached hydrogens (tertiary/aromatic N) is 3. The van der Waals surface area contributed by atoms with E-state index in [1.165, 1.54) is 18.2 Å². The van der Waals surface area contributed by atoms with Crippen LogP contribution in [0.15, 0.2) is 41.4 Å². The molecule has 0 bridgehead atoms. The summed E-state index contributed by atoms with van der Waals surface area (Å²) < 4.78 is 24.9. The molecule has 2 aromatic heterocycles. The van der Waals surface area contributed by atoms with Gasteiger partial charge in [-0.25, -0.2) is 13.4 Å². The van der Waals surface area contributed by atoms with E-state index in [0.717, 1.165) is 23.0 Å². The number of carbonyl (C=O) groups is 1. The van der Waals surface area contributed by atoms with E-state index in [1.807, 2.05) is 6.92 Å². The Balaban J connectivity index is 1.91. The Hall–Kier alpha value is -2.74. The molecule has 0 saturated carbocycles. The molecule has 8 heteroatoms. The van der Waals surface area contributed by atoms with Gasteiger partial charge in [-0.05, 0) is 31.2 Å². The van der Waals surface area contributed by atoms with Crippen molar-refractivity contribution in [3.63, 3.8) is 0 Å². The molecule has 7 nitrogen and oxygen atoms in total. The van der Waals surface area contributed by atoms with Crippen molar-refractivity contribution in [3.8, 4) is 0 Å².